The van der Waals surface area contributed by atoms with Crippen molar-refractivity contribution in [3.05, 3.63) is 51.6 Å². The molecule has 0 fully saturated rings. The van der Waals surface area contributed by atoms with Gasteiger partial charge in [0.15, 0.2) is 0 Å². The molecule has 0 saturated carbocycles. The van der Waals surface area contributed by atoms with Gasteiger partial charge in [-0.3, -0.25) is 9.59 Å². The first-order valence-electron chi connectivity index (χ1n) is 8.39. The van der Waals surface area contributed by atoms with Crippen LogP contribution in [-0.2, 0) is 16.6 Å². The molecule has 2 nitrogen and oxygen atoms in total. The Kier molecular flexibility index (Phi) is 3.66. The van der Waals surface area contributed by atoms with Crippen molar-refractivity contribution in [3.63, 3.8) is 0 Å². The minimum Gasteiger partial charge on any atom is -0.285 e. The van der Waals surface area contributed by atoms with Gasteiger partial charge < -0.3 is 0 Å². The minimum atomic E-state index is -0.345. The fourth-order valence-corrected chi connectivity index (χ4v) is 4.11. The van der Waals surface area contributed by atoms with Crippen molar-refractivity contribution in [3.8, 4) is 0 Å². The Bertz CT molecular complexity index is 788. The topological polar surface area (TPSA) is 34.1 Å². The van der Waals surface area contributed by atoms with Crippen LogP contribution in [-0.4, -0.2) is 11.6 Å². The van der Waals surface area contributed by atoms with Gasteiger partial charge in [-0.1, -0.05) is 32.1 Å². The molecule has 0 aromatic heterocycles. The van der Waals surface area contributed by atoms with Gasteiger partial charge in [-0.15, -0.1) is 0 Å². The molecular formula is C21H24O2. The van der Waals surface area contributed by atoms with Crippen LogP contribution >= 0.6 is 0 Å². The summed E-state index contributed by atoms with van der Waals surface area (Å²) in [5, 5.41) is 0. The Morgan fingerprint density at radius 2 is 1.87 bits per heavy atom. The Morgan fingerprint density at radius 3 is 2.52 bits per heavy atom. The third-order valence-corrected chi connectivity index (χ3v) is 5.54. The highest BCUT2D eigenvalue weighted by atomic mass is 16.2. The van der Waals surface area contributed by atoms with Gasteiger partial charge in [-0.05, 0) is 73.3 Å². The van der Waals surface area contributed by atoms with E-state index < -0.39 is 0 Å². The highest BCUT2D eigenvalue weighted by Gasteiger charge is 2.37. The van der Waals surface area contributed by atoms with Gasteiger partial charge in [-0.2, -0.15) is 0 Å². The molecule has 0 radical (unpaired) electrons. The first kappa shape index (κ1) is 15.9. The smallest absolute Gasteiger partial charge is 0.234 e. The maximum absolute atomic E-state index is 12.9. The van der Waals surface area contributed by atoms with E-state index in [-0.39, 0.29) is 17.0 Å². The molecule has 120 valence electrons. The highest BCUT2D eigenvalue weighted by molar-refractivity contribution is 6.53. The lowest BCUT2D eigenvalue weighted by Gasteiger charge is -2.35. The molecule has 0 N–H and O–H groups in total. The second-order valence-corrected chi connectivity index (χ2v) is 7.38. The van der Waals surface area contributed by atoms with E-state index in [0.717, 1.165) is 41.5 Å². The quantitative estimate of drug-likeness (QED) is 0.698. The van der Waals surface area contributed by atoms with Gasteiger partial charge in [0.2, 0.25) is 11.6 Å². The van der Waals surface area contributed by atoms with Gasteiger partial charge in [0.1, 0.15) is 0 Å². The minimum absolute atomic E-state index is 0.0725. The molecule has 2 heteroatoms. The van der Waals surface area contributed by atoms with Crippen LogP contribution in [0.4, 0.5) is 0 Å². The standard InChI is InChI=1S/C21H24O2/c1-6-12(2)17-13(3)14-9-10-16-15(8-7-11-21(16,4)5)18(14)20(23)19(17)22/h6,9-10H,7-8,11H2,1-5H3/b12-6-. The fourth-order valence-electron chi connectivity index (χ4n) is 4.11. The summed E-state index contributed by atoms with van der Waals surface area (Å²) in [6.45, 7) is 10.2. The summed E-state index contributed by atoms with van der Waals surface area (Å²) in [6, 6.07) is 4.21. The van der Waals surface area contributed by atoms with Crippen LogP contribution in [0.5, 0.6) is 0 Å². The molecule has 0 heterocycles. The molecular weight excluding hydrogens is 284 g/mol. The van der Waals surface area contributed by atoms with Crippen molar-refractivity contribution < 1.29 is 9.59 Å². The van der Waals surface area contributed by atoms with Crippen LogP contribution in [0.25, 0.3) is 5.57 Å². The Labute approximate surface area is 138 Å². The second kappa shape index (κ2) is 5.30. The number of allylic oxidation sites excluding steroid dienone is 4. The zero-order chi connectivity index (χ0) is 16.9. The molecule has 1 aromatic rings. The lowest BCUT2D eigenvalue weighted by molar-refractivity contribution is -0.111. The molecule has 0 spiro atoms. The summed E-state index contributed by atoms with van der Waals surface area (Å²) in [5.74, 6) is -0.668. The Hall–Kier alpha value is -1.96. The number of benzene rings is 1. The first-order chi connectivity index (χ1) is 10.8. The van der Waals surface area contributed by atoms with Crippen LogP contribution in [0, 0.1) is 0 Å². The molecule has 3 rings (SSSR count). The van der Waals surface area contributed by atoms with E-state index in [2.05, 4.69) is 19.9 Å². The molecule has 0 atom stereocenters. The number of Topliss-reactive ketones (excluding diaryl/α,β-unsaturated/α-hetero) is 2. The third kappa shape index (κ3) is 2.23. The molecule has 0 aliphatic heterocycles. The number of ketones is 2. The van der Waals surface area contributed by atoms with Crippen LogP contribution in [0.1, 0.15) is 74.5 Å². The molecule has 1 aromatic carbocycles. The van der Waals surface area contributed by atoms with E-state index in [9.17, 15) is 9.59 Å². The van der Waals surface area contributed by atoms with E-state index >= 15 is 0 Å². The lowest BCUT2D eigenvalue weighted by Crippen LogP contribution is -2.30. The number of hydrogen-bond acceptors (Lipinski definition) is 2. The van der Waals surface area contributed by atoms with Crippen LogP contribution < -0.4 is 0 Å². The molecule has 0 unspecified atom stereocenters. The summed E-state index contributed by atoms with van der Waals surface area (Å²) in [4.78, 5) is 25.6. The van der Waals surface area contributed by atoms with Crippen molar-refractivity contribution in [2.75, 3.05) is 0 Å². The average Bonchev–Trinajstić information content (AvgIpc) is 2.51. The normalized spacial score (nSPS) is 20.5. The van der Waals surface area contributed by atoms with Crippen molar-refractivity contribution in [2.45, 2.75) is 59.3 Å². The molecule has 0 amide bonds. The number of carbonyl (C=O) groups excluding carboxylic acids is 2. The predicted molar refractivity (Wildman–Crippen MR) is 93.8 cm³/mol. The van der Waals surface area contributed by atoms with E-state index in [1.165, 1.54) is 5.56 Å². The predicted octanol–water partition coefficient (Wildman–Crippen LogP) is 4.81. The monoisotopic (exact) mass is 308 g/mol. The van der Waals surface area contributed by atoms with Gasteiger partial charge >= 0.3 is 0 Å². The highest BCUT2D eigenvalue weighted by Crippen LogP contribution is 2.43. The second-order valence-electron chi connectivity index (χ2n) is 7.38. The Morgan fingerprint density at radius 1 is 1.17 bits per heavy atom. The average molecular weight is 308 g/mol. The summed E-state index contributed by atoms with van der Waals surface area (Å²) in [7, 11) is 0. The van der Waals surface area contributed by atoms with Gasteiger partial charge in [0, 0.05) is 11.1 Å². The molecule has 0 saturated heterocycles. The van der Waals surface area contributed by atoms with Crippen LogP contribution in [0.15, 0.2) is 29.4 Å². The van der Waals surface area contributed by atoms with Crippen molar-refractivity contribution in [2.24, 2.45) is 0 Å². The van der Waals surface area contributed by atoms with Crippen LogP contribution in [0.2, 0.25) is 0 Å². The summed E-state index contributed by atoms with van der Waals surface area (Å²) in [6.07, 6.45) is 4.99. The zero-order valence-corrected chi connectivity index (χ0v) is 14.7. The summed E-state index contributed by atoms with van der Waals surface area (Å²) in [5.41, 5.74) is 6.43. The van der Waals surface area contributed by atoms with Crippen molar-refractivity contribution in [1.29, 1.82) is 0 Å². The Balaban J connectivity index is 2.33. The van der Waals surface area contributed by atoms with E-state index in [1.54, 1.807) is 0 Å². The SMILES string of the molecule is C/C=C(/C)C1=C(C)c2ccc3c(c2C(=O)C1=O)CCCC3(C)C. The molecule has 0 bridgehead atoms. The summed E-state index contributed by atoms with van der Waals surface area (Å²) >= 11 is 0. The largest absolute Gasteiger partial charge is 0.285 e. The van der Waals surface area contributed by atoms with E-state index in [1.807, 2.05) is 32.9 Å². The third-order valence-electron chi connectivity index (χ3n) is 5.54. The maximum Gasteiger partial charge on any atom is 0.234 e. The maximum atomic E-state index is 12.9. The van der Waals surface area contributed by atoms with E-state index in [4.69, 9.17) is 0 Å². The van der Waals surface area contributed by atoms with Crippen molar-refractivity contribution in [1.82, 2.24) is 0 Å². The van der Waals surface area contributed by atoms with Crippen molar-refractivity contribution >= 4 is 17.1 Å². The van der Waals surface area contributed by atoms with Gasteiger partial charge in [-0.25, -0.2) is 0 Å². The fraction of sp³-hybridized carbons (Fsp3) is 0.429. The van der Waals surface area contributed by atoms with Gasteiger partial charge in [0.25, 0.3) is 0 Å². The number of carbonyl (C=O) groups is 2. The molecule has 23 heavy (non-hydrogen) atoms. The first-order valence-corrected chi connectivity index (χ1v) is 8.39. The number of rotatable bonds is 1. The lowest BCUT2D eigenvalue weighted by atomic mass is 9.68. The number of fused-ring (bicyclic) bond motifs is 3. The van der Waals surface area contributed by atoms with E-state index in [0.29, 0.717) is 11.1 Å². The molecule has 2 aliphatic carbocycles. The number of hydrogen-bond donors (Lipinski definition) is 0. The van der Waals surface area contributed by atoms with Crippen LogP contribution in [0.3, 0.4) is 0 Å². The molecule has 2 aliphatic rings. The summed E-state index contributed by atoms with van der Waals surface area (Å²) < 4.78 is 0. The van der Waals surface area contributed by atoms with Gasteiger partial charge in [0.05, 0.1) is 0 Å². The zero-order valence-electron chi connectivity index (χ0n) is 14.7.